The number of hydrogen-bond donors (Lipinski definition) is 2. The summed E-state index contributed by atoms with van der Waals surface area (Å²) in [5.41, 5.74) is 1.14. The molecule has 5 rings (SSSR count). The number of fused-ring (bicyclic) bond motifs is 2. The molecule has 1 amide bonds. The van der Waals surface area contributed by atoms with Crippen molar-refractivity contribution in [2.75, 3.05) is 24.2 Å². The predicted octanol–water partition coefficient (Wildman–Crippen LogP) is 2.62. The standard InChI is InChI=1S/C23H22N6O3/c1-12-6-16(12)23(30)27-20-8-17-14(9-26-22(24-3)21(17)29-28-20)4-5-15-7-18-19(10-25-15)32-13(2)11-31-18/h7-10,12-13,16H,6,11H2,1-3H3,(H,24,26)(H,27,28,30)/t12-,13+,16+/m1/s1/i3D3. The van der Waals surface area contributed by atoms with Gasteiger partial charge in [-0.2, -0.15) is 0 Å². The number of nitrogens with zero attached hydrogens (tertiary/aromatic N) is 4. The number of carbonyl (C=O) groups excluding carboxylic acids is 1. The Morgan fingerprint density at radius 2 is 2.06 bits per heavy atom. The summed E-state index contributed by atoms with van der Waals surface area (Å²) in [4.78, 5) is 20.9. The van der Waals surface area contributed by atoms with Gasteiger partial charge < -0.3 is 20.1 Å². The van der Waals surface area contributed by atoms with E-state index in [0.717, 1.165) is 6.42 Å². The van der Waals surface area contributed by atoms with Crippen molar-refractivity contribution in [2.24, 2.45) is 11.8 Å². The molecule has 2 N–H and O–H groups in total. The van der Waals surface area contributed by atoms with E-state index < -0.39 is 6.98 Å². The molecule has 4 heterocycles. The summed E-state index contributed by atoms with van der Waals surface area (Å²) in [5, 5.41) is 13.8. The lowest BCUT2D eigenvalue weighted by atomic mass is 10.1. The van der Waals surface area contributed by atoms with Crippen molar-refractivity contribution in [3.63, 3.8) is 0 Å². The van der Waals surface area contributed by atoms with E-state index in [1.54, 1.807) is 18.3 Å². The minimum atomic E-state index is -2.48. The van der Waals surface area contributed by atoms with Crippen LogP contribution in [0.1, 0.15) is 35.6 Å². The molecule has 0 radical (unpaired) electrons. The van der Waals surface area contributed by atoms with Crippen molar-refractivity contribution in [3.05, 3.63) is 35.8 Å². The Labute approximate surface area is 189 Å². The number of amides is 1. The summed E-state index contributed by atoms with van der Waals surface area (Å²) in [6.45, 7) is 1.87. The molecule has 1 saturated carbocycles. The SMILES string of the molecule is [2H]C([2H])([2H])Nc1ncc(C#Cc2cc3c(cn2)O[C@@H](C)CO3)c2cc(NC(=O)[C@H]3C[C@H]3C)nnc12. The van der Waals surface area contributed by atoms with Crippen LogP contribution >= 0.6 is 0 Å². The molecule has 1 aliphatic heterocycles. The first kappa shape index (κ1) is 16.7. The molecule has 32 heavy (non-hydrogen) atoms. The molecule has 0 saturated heterocycles. The first-order valence-corrected chi connectivity index (χ1v) is 10.2. The summed E-state index contributed by atoms with van der Waals surface area (Å²) in [5.74, 6) is 7.57. The normalized spacial score (nSPS) is 22.6. The Bertz CT molecular complexity index is 1380. The van der Waals surface area contributed by atoms with Gasteiger partial charge in [-0.15, -0.1) is 10.2 Å². The number of ether oxygens (including phenoxy) is 2. The third-order valence-corrected chi connectivity index (χ3v) is 5.41. The highest BCUT2D eigenvalue weighted by molar-refractivity contribution is 5.97. The van der Waals surface area contributed by atoms with E-state index in [-0.39, 0.29) is 35.1 Å². The Morgan fingerprint density at radius 3 is 2.88 bits per heavy atom. The van der Waals surface area contributed by atoms with E-state index in [1.165, 1.54) is 6.20 Å². The first-order chi connectivity index (χ1) is 16.7. The van der Waals surface area contributed by atoms with E-state index in [1.807, 2.05) is 13.8 Å². The zero-order valence-electron chi connectivity index (χ0n) is 20.5. The van der Waals surface area contributed by atoms with Crippen LogP contribution in [0.4, 0.5) is 11.6 Å². The van der Waals surface area contributed by atoms with Gasteiger partial charge in [0.15, 0.2) is 23.1 Å². The fraction of sp³-hybridized carbons (Fsp3) is 0.348. The van der Waals surface area contributed by atoms with Crippen LogP contribution in [-0.4, -0.2) is 45.8 Å². The molecule has 1 fully saturated rings. The van der Waals surface area contributed by atoms with Gasteiger partial charge in [-0.05, 0) is 31.2 Å². The number of hydrogen-bond acceptors (Lipinski definition) is 8. The van der Waals surface area contributed by atoms with E-state index >= 15 is 0 Å². The quantitative estimate of drug-likeness (QED) is 0.607. The molecule has 9 nitrogen and oxygen atoms in total. The highest BCUT2D eigenvalue weighted by Crippen LogP contribution is 2.38. The molecule has 2 aliphatic rings. The highest BCUT2D eigenvalue weighted by Gasteiger charge is 2.39. The van der Waals surface area contributed by atoms with E-state index in [9.17, 15) is 4.79 Å². The van der Waals surface area contributed by atoms with Gasteiger partial charge in [-0.25, -0.2) is 9.97 Å². The van der Waals surface area contributed by atoms with Crippen LogP contribution in [0, 0.1) is 23.7 Å². The average molecular weight is 433 g/mol. The van der Waals surface area contributed by atoms with Crippen LogP contribution in [0.3, 0.4) is 0 Å². The third-order valence-electron chi connectivity index (χ3n) is 5.41. The molecular formula is C23H22N6O3. The largest absolute Gasteiger partial charge is 0.486 e. The Kier molecular flexibility index (Phi) is 4.16. The van der Waals surface area contributed by atoms with Crippen LogP contribution in [0.2, 0.25) is 0 Å². The molecule has 0 unspecified atom stereocenters. The van der Waals surface area contributed by atoms with Crippen LogP contribution in [0.25, 0.3) is 10.9 Å². The first-order valence-electron chi connectivity index (χ1n) is 11.7. The zero-order chi connectivity index (χ0) is 24.7. The van der Waals surface area contributed by atoms with E-state index in [4.69, 9.17) is 13.6 Å². The van der Waals surface area contributed by atoms with Crippen molar-refractivity contribution < 1.29 is 18.4 Å². The summed E-state index contributed by atoms with van der Waals surface area (Å²) in [7, 11) is 0. The highest BCUT2D eigenvalue weighted by atomic mass is 16.6. The minimum Gasteiger partial charge on any atom is -0.486 e. The summed E-state index contributed by atoms with van der Waals surface area (Å²) >= 11 is 0. The predicted molar refractivity (Wildman–Crippen MR) is 119 cm³/mol. The third kappa shape index (κ3) is 3.87. The number of carbonyl (C=O) groups is 1. The molecule has 0 aromatic carbocycles. The second-order valence-electron chi connectivity index (χ2n) is 7.95. The Balaban J connectivity index is 1.51. The van der Waals surface area contributed by atoms with E-state index in [2.05, 4.69) is 42.6 Å². The average Bonchev–Trinajstić information content (AvgIpc) is 3.54. The molecule has 162 valence electrons. The maximum Gasteiger partial charge on any atom is 0.228 e. The summed E-state index contributed by atoms with van der Waals surface area (Å²) in [6.07, 6.45) is 3.78. The van der Waals surface area contributed by atoms with Gasteiger partial charge in [0.25, 0.3) is 0 Å². The van der Waals surface area contributed by atoms with Crippen molar-refractivity contribution in [3.8, 4) is 23.3 Å². The maximum absolute atomic E-state index is 12.4. The maximum atomic E-state index is 12.4. The number of aromatic nitrogens is 4. The molecule has 9 heteroatoms. The molecule has 1 aliphatic carbocycles. The number of anilines is 2. The molecule has 3 atom stereocenters. The fourth-order valence-electron chi connectivity index (χ4n) is 3.47. The monoisotopic (exact) mass is 433 g/mol. The molecule has 3 aromatic rings. The Hall–Kier alpha value is -3.93. The lowest BCUT2D eigenvalue weighted by Gasteiger charge is -2.23. The van der Waals surface area contributed by atoms with Crippen molar-refractivity contribution in [1.82, 2.24) is 20.2 Å². The van der Waals surface area contributed by atoms with Crippen LogP contribution in [0.15, 0.2) is 24.5 Å². The van der Waals surface area contributed by atoms with Gasteiger partial charge in [0.1, 0.15) is 23.9 Å². The molecule has 0 spiro atoms. The number of rotatable bonds is 3. The zero-order valence-corrected chi connectivity index (χ0v) is 17.5. The molecule has 0 bridgehead atoms. The van der Waals surface area contributed by atoms with Gasteiger partial charge in [0.2, 0.25) is 5.91 Å². The second kappa shape index (κ2) is 7.96. The number of nitrogens with one attached hydrogen (secondary N) is 2. The van der Waals surface area contributed by atoms with Crippen LogP contribution in [0.5, 0.6) is 11.5 Å². The van der Waals surface area contributed by atoms with Gasteiger partial charge in [-0.3, -0.25) is 4.79 Å². The number of pyridine rings is 2. The van der Waals surface area contributed by atoms with Gasteiger partial charge >= 0.3 is 0 Å². The van der Waals surface area contributed by atoms with Crippen molar-refractivity contribution in [1.29, 1.82) is 0 Å². The van der Waals surface area contributed by atoms with Crippen LogP contribution < -0.4 is 20.1 Å². The summed E-state index contributed by atoms with van der Waals surface area (Å²) in [6, 6.07) is 3.30. The van der Waals surface area contributed by atoms with Crippen molar-refractivity contribution in [2.45, 2.75) is 26.4 Å². The summed E-state index contributed by atoms with van der Waals surface area (Å²) < 4.78 is 33.9. The van der Waals surface area contributed by atoms with Crippen LogP contribution in [-0.2, 0) is 4.79 Å². The molecular weight excluding hydrogens is 408 g/mol. The molecule has 3 aromatic heterocycles. The van der Waals surface area contributed by atoms with Gasteiger partial charge in [-0.1, -0.05) is 12.8 Å². The lowest BCUT2D eigenvalue weighted by Crippen LogP contribution is -2.25. The van der Waals surface area contributed by atoms with Crippen molar-refractivity contribution >= 4 is 28.4 Å². The second-order valence-corrected chi connectivity index (χ2v) is 7.95. The van der Waals surface area contributed by atoms with Gasteiger partial charge in [0, 0.05) is 34.7 Å². The smallest absolute Gasteiger partial charge is 0.228 e. The topological polar surface area (TPSA) is 111 Å². The minimum absolute atomic E-state index is 0.0401. The Morgan fingerprint density at radius 1 is 1.19 bits per heavy atom. The lowest BCUT2D eigenvalue weighted by molar-refractivity contribution is -0.117. The van der Waals surface area contributed by atoms with E-state index in [0.29, 0.717) is 40.7 Å². The fourth-order valence-corrected chi connectivity index (χ4v) is 3.47. The van der Waals surface area contributed by atoms with Gasteiger partial charge in [0.05, 0.1) is 11.8 Å².